The van der Waals surface area contributed by atoms with Crippen LogP contribution in [0.1, 0.15) is 42.5 Å². The summed E-state index contributed by atoms with van der Waals surface area (Å²) in [6.07, 6.45) is 6.91. The van der Waals surface area contributed by atoms with Gasteiger partial charge in [0.2, 0.25) is 0 Å². The van der Waals surface area contributed by atoms with Gasteiger partial charge < -0.3 is 0 Å². The highest BCUT2D eigenvalue weighted by Crippen LogP contribution is 2.40. The summed E-state index contributed by atoms with van der Waals surface area (Å²) in [4.78, 5) is 0.509. The first-order valence-corrected chi connectivity index (χ1v) is 6.96. The molecular formula is C13H16BrCl. The van der Waals surface area contributed by atoms with E-state index in [1.807, 2.05) is 12.1 Å². The average Bonchev–Trinajstić information content (AvgIpc) is 2.30. The molecule has 0 heterocycles. The molecule has 15 heavy (non-hydrogen) atoms. The maximum atomic E-state index is 5.89. The summed E-state index contributed by atoms with van der Waals surface area (Å²) in [5.74, 6) is 0.805. The van der Waals surface area contributed by atoms with Crippen molar-refractivity contribution >= 4 is 27.5 Å². The zero-order chi connectivity index (χ0) is 10.7. The van der Waals surface area contributed by atoms with Crippen molar-refractivity contribution in [2.45, 2.75) is 36.9 Å². The first-order valence-electron chi connectivity index (χ1n) is 5.67. The standard InChI is InChI=1S/C13H16BrCl/c14-13(10-4-2-1-3-5-10)11-6-8-12(15)9-7-11/h6-10,13H,1-5H2. The van der Waals surface area contributed by atoms with Crippen LogP contribution < -0.4 is 0 Å². The van der Waals surface area contributed by atoms with Gasteiger partial charge >= 0.3 is 0 Å². The second kappa shape index (κ2) is 5.36. The largest absolute Gasteiger partial charge is 0.0843 e. The highest BCUT2D eigenvalue weighted by molar-refractivity contribution is 9.09. The Labute approximate surface area is 105 Å². The summed E-state index contributed by atoms with van der Waals surface area (Å²) in [7, 11) is 0. The summed E-state index contributed by atoms with van der Waals surface area (Å²) >= 11 is 9.72. The van der Waals surface area contributed by atoms with E-state index < -0.39 is 0 Å². The van der Waals surface area contributed by atoms with Crippen LogP contribution in [-0.4, -0.2) is 0 Å². The van der Waals surface area contributed by atoms with Crippen LogP contribution in [0.5, 0.6) is 0 Å². The van der Waals surface area contributed by atoms with Gasteiger partial charge in [-0.15, -0.1) is 0 Å². The Kier molecular flexibility index (Phi) is 4.10. The Balaban J connectivity index is 2.05. The van der Waals surface area contributed by atoms with Gasteiger partial charge in [-0.1, -0.05) is 58.9 Å². The fourth-order valence-corrected chi connectivity index (χ4v) is 3.31. The van der Waals surface area contributed by atoms with Crippen LogP contribution in [0, 0.1) is 5.92 Å². The molecule has 0 spiro atoms. The molecule has 0 amide bonds. The summed E-state index contributed by atoms with van der Waals surface area (Å²) in [5, 5.41) is 0.821. The molecule has 1 atom stereocenters. The third-order valence-corrected chi connectivity index (χ3v) is 4.78. The lowest BCUT2D eigenvalue weighted by Gasteiger charge is -2.26. The second-order valence-corrected chi connectivity index (χ2v) is 5.77. The van der Waals surface area contributed by atoms with Gasteiger partial charge in [-0.3, -0.25) is 0 Å². The molecule has 82 valence electrons. The molecule has 0 nitrogen and oxygen atoms in total. The lowest BCUT2D eigenvalue weighted by Crippen LogP contribution is -2.11. The summed E-state index contributed by atoms with van der Waals surface area (Å²) in [6.45, 7) is 0. The predicted octanol–water partition coefficient (Wildman–Crippen LogP) is 5.36. The zero-order valence-corrected chi connectivity index (χ0v) is 11.1. The number of benzene rings is 1. The molecule has 2 rings (SSSR count). The van der Waals surface area contributed by atoms with Crippen molar-refractivity contribution in [2.24, 2.45) is 5.92 Å². The Morgan fingerprint density at radius 3 is 2.27 bits per heavy atom. The van der Waals surface area contributed by atoms with Crippen molar-refractivity contribution in [1.82, 2.24) is 0 Å². The Hall–Kier alpha value is -0.0100. The number of hydrogen-bond donors (Lipinski definition) is 0. The molecule has 0 N–H and O–H groups in total. The predicted molar refractivity (Wildman–Crippen MR) is 69.7 cm³/mol. The van der Waals surface area contributed by atoms with E-state index in [0.29, 0.717) is 4.83 Å². The maximum absolute atomic E-state index is 5.89. The van der Waals surface area contributed by atoms with Crippen molar-refractivity contribution in [3.8, 4) is 0 Å². The first kappa shape index (κ1) is 11.5. The first-order chi connectivity index (χ1) is 7.27. The maximum Gasteiger partial charge on any atom is 0.0423 e. The molecular weight excluding hydrogens is 272 g/mol. The van der Waals surface area contributed by atoms with Crippen molar-refractivity contribution in [2.75, 3.05) is 0 Å². The van der Waals surface area contributed by atoms with E-state index in [1.165, 1.54) is 37.7 Å². The zero-order valence-electron chi connectivity index (χ0n) is 8.76. The molecule has 0 saturated heterocycles. The number of rotatable bonds is 2. The van der Waals surface area contributed by atoms with E-state index in [0.717, 1.165) is 10.9 Å². The van der Waals surface area contributed by atoms with E-state index in [4.69, 9.17) is 11.6 Å². The molecule has 1 saturated carbocycles. The molecule has 1 unspecified atom stereocenters. The molecule has 0 aromatic heterocycles. The van der Waals surface area contributed by atoms with E-state index in [-0.39, 0.29) is 0 Å². The van der Waals surface area contributed by atoms with Crippen LogP contribution in [0.25, 0.3) is 0 Å². The van der Waals surface area contributed by atoms with E-state index in [9.17, 15) is 0 Å². The minimum atomic E-state index is 0.509. The SMILES string of the molecule is Clc1ccc(C(Br)C2CCCCC2)cc1. The van der Waals surface area contributed by atoms with Crippen LogP contribution in [-0.2, 0) is 0 Å². The Morgan fingerprint density at radius 1 is 1.07 bits per heavy atom. The molecule has 1 aromatic rings. The number of alkyl halides is 1. The molecule has 0 radical (unpaired) electrons. The van der Waals surface area contributed by atoms with E-state index >= 15 is 0 Å². The van der Waals surface area contributed by atoms with Gasteiger partial charge in [0.1, 0.15) is 0 Å². The van der Waals surface area contributed by atoms with Crippen molar-refractivity contribution < 1.29 is 0 Å². The Morgan fingerprint density at radius 2 is 1.67 bits per heavy atom. The molecule has 0 bridgehead atoms. The third-order valence-electron chi connectivity index (χ3n) is 3.25. The van der Waals surface area contributed by atoms with Crippen molar-refractivity contribution in [3.05, 3.63) is 34.9 Å². The number of halogens is 2. The fourth-order valence-electron chi connectivity index (χ4n) is 2.35. The normalized spacial score (nSPS) is 20.1. The van der Waals surface area contributed by atoms with Gasteiger partial charge in [-0.2, -0.15) is 0 Å². The van der Waals surface area contributed by atoms with Crippen molar-refractivity contribution in [1.29, 1.82) is 0 Å². The molecule has 1 aromatic carbocycles. The van der Waals surface area contributed by atoms with Crippen LogP contribution in [0.15, 0.2) is 24.3 Å². The minimum absolute atomic E-state index is 0.509. The fraction of sp³-hybridized carbons (Fsp3) is 0.538. The average molecular weight is 288 g/mol. The van der Waals surface area contributed by atoms with Gasteiger partial charge in [-0.05, 0) is 36.5 Å². The highest BCUT2D eigenvalue weighted by atomic mass is 79.9. The van der Waals surface area contributed by atoms with Crippen molar-refractivity contribution in [3.63, 3.8) is 0 Å². The lowest BCUT2D eigenvalue weighted by atomic mass is 9.85. The van der Waals surface area contributed by atoms with Crippen LogP contribution in [0.2, 0.25) is 5.02 Å². The van der Waals surface area contributed by atoms with Gasteiger partial charge in [-0.25, -0.2) is 0 Å². The highest BCUT2D eigenvalue weighted by Gasteiger charge is 2.22. The summed E-state index contributed by atoms with van der Waals surface area (Å²) in [6, 6.07) is 8.23. The molecule has 1 fully saturated rings. The lowest BCUT2D eigenvalue weighted by molar-refractivity contribution is 0.354. The summed E-state index contributed by atoms with van der Waals surface area (Å²) in [5.41, 5.74) is 1.37. The molecule has 1 aliphatic rings. The molecule has 2 heteroatoms. The van der Waals surface area contributed by atoms with Gasteiger partial charge in [0.05, 0.1) is 0 Å². The second-order valence-electron chi connectivity index (χ2n) is 4.35. The third kappa shape index (κ3) is 2.98. The molecule has 1 aliphatic carbocycles. The number of hydrogen-bond acceptors (Lipinski definition) is 0. The van der Waals surface area contributed by atoms with Gasteiger partial charge in [0, 0.05) is 9.85 Å². The van der Waals surface area contributed by atoms with E-state index in [1.54, 1.807) is 0 Å². The Bertz CT molecular complexity index is 301. The summed E-state index contributed by atoms with van der Waals surface area (Å²) < 4.78 is 0. The van der Waals surface area contributed by atoms with Crippen LogP contribution in [0.3, 0.4) is 0 Å². The van der Waals surface area contributed by atoms with Gasteiger partial charge in [0.25, 0.3) is 0 Å². The molecule has 0 aliphatic heterocycles. The quantitative estimate of drug-likeness (QED) is 0.643. The van der Waals surface area contributed by atoms with Crippen LogP contribution in [0.4, 0.5) is 0 Å². The topological polar surface area (TPSA) is 0 Å². The monoisotopic (exact) mass is 286 g/mol. The smallest absolute Gasteiger partial charge is 0.0423 e. The van der Waals surface area contributed by atoms with E-state index in [2.05, 4.69) is 28.1 Å². The van der Waals surface area contributed by atoms with Gasteiger partial charge in [0.15, 0.2) is 0 Å². The minimum Gasteiger partial charge on any atom is -0.0843 e. The van der Waals surface area contributed by atoms with Crippen LogP contribution >= 0.6 is 27.5 Å².